The molecule has 3 rings (SSSR count). The van der Waals surface area contributed by atoms with Crippen molar-refractivity contribution in [1.82, 2.24) is 0 Å². The highest BCUT2D eigenvalue weighted by atomic mass is 35.5. The molecule has 0 radical (unpaired) electrons. The molecule has 0 bridgehead atoms. The Hall–Kier alpha value is -2.16. The summed E-state index contributed by atoms with van der Waals surface area (Å²) in [5.74, 6) is 0.856. The molecule has 1 aliphatic rings. The van der Waals surface area contributed by atoms with Crippen molar-refractivity contribution in [3.63, 3.8) is 0 Å². The van der Waals surface area contributed by atoms with Crippen LogP contribution in [0.4, 0.5) is 0 Å². The van der Waals surface area contributed by atoms with Gasteiger partial charge in [0.2, 0.25) is 0 Å². The summed E-state index contributed by atoms with van der Waals surface area (Å²) in [6.07, 6.45) is 1.70. The van der Waals surface area contributed by atoms with E-state index in [2.05, 4.69) is 16.1 Å². The number of azide groups is 1. The van der Waals surface area contributed by atoms with Gasteiger partial charge >= 0.3 is 0 Å². The number of benzene rings is 2. The molecule has 21 heavy (non-hydrogen) atoms. The second-order valence-electron chi connectivity index (χ2n) is 4.97. The van der Waals surface area contributed by atoms with E-state index in [0.29, 0.717) is 11.6 Å². The fraction of sp³-hybridized carbons (Fsp3) is 0.250. The molecule has 0 amide bonds. The molecule has 0 N–H and O–H groups in total. The number of halogens is 1. The van der Waals surface area contributed by atoms with Gasteiger partial charge in [0.25, 0.3) is 0 Å². The Morgan fingerprint density at radius 1 is 1.19 bits per heavy atom. The van der Waals surface area contributed by atoms with Gasteiger partial charge in [0.1, 0.15) is 11.9 Å². The van der Waals surface area contributed by atoms with Crippen LogP contribution in [0.1, 0.15) is 12.0 Å². The van der Waals surface area contributed by atoms with Gasteiger partial charge in [-0.15, -0.1) is 0 Å². The predicted octanol–water partition coefficient (Wildman–Crippen LogP) is 5.01. The van der Waals surface area contributed by atoms with Gasteiger partial charge in [0, 0.05) is 21.1 Å². The number of nitrogens with zero attached hydrogens (tertiary/aromatic N) is 3. The van der Waals surface area contributed by atoms with Crippen LogP contribution in [-0.4, -0.2) is 12.6 Å². The van der Waals surface area contributed by atoms with Gasteiger partial charge in [-0.2, -0.15) is 0 Å². The molecule has 2 aromatic rings. The molecule has 0 aromatic heterocycles. The zero-order valence-electron chi connectivity index (χ0n) is 11.4. The van der Waals surface area contributed by atoms with Crippen molar-refractivity contribution in [2.75, 3.05) is 6.54 Å². The van der Waals surface area contributed by atoms with Gasteiger partial charge < -0.3 is 4.74 Å². The van der Waals surface area contributed by atoms with Crippen molar-refractivity contribution in [2.24, 2.45) is 5.11 Å². The molecule has 1 unspecified atom stereocenters. The van der Waals surface area contributed by atoms with E-state index in [4.69, 9.17) is 21.9 Å². The van der Waals surface area contributed by atoms with Crippen LogP contribution in [-0.2, 0) is 6.42 Å². The lowest BCUT2D eigenvalue weighted by atomic mass is 9.95. The third-order valence-electron chi connectivity index (χ3n) is 3.63. The maximum absolute atomic E-state index is 8.45. The van der Waals surface area contributed by atoms with E-state index in [1.807, 2.05) is 36.4 Å². The molecule has 1 heterocycles. The van der Waals surface area contributed by atoms with Gasteiger partial charge in [-0.05, 0) is 30.0 Å². The van der Waals surface area contributed by atoms with Crippen LogP contribution < -0.4 is 4.74 Å². The molecule has 4 nitrogen and oxygen atoms in total. The number of fused-ring (bicyclic) bond motifs is 1. The Morgan fingerprint density at radius 2 is 2.00 bits per heavy atom. The van der Waals surface area contributed by atoms with Crippen LogP contribution in [0.5, 0.6) is 5.75 Å². The Balaban J connectivity index is 2.01. The predicted molar refractivity (Wildman–Crippen MR) is 83.6 cm³/mol. The fourth-order valence-electron chi connectivity index (χ4n) is 2.61. The normalized spacial score (nSPS) is 16.5. The summed E-state index contributed by atoms with van der Waals surface area (Å²) in [5, 5.41) is 4.32. The summed E-state index contributed by atoms with van der Waals surface area (Å²) < 4.78 is 6.05. The first-order chi connectivity index (χ1) is 10.3. The number of hydrogen-bond donors (Lipinski definition) is 0. The fourth-order valence-corrected chi connectivity index (χ4v) is 2.85. The average molecular weight is 300 g/mol. The minimum Gasteiger partial charge on any atom is -0.489 e. The van der Waals surface area contributed by atoms with Crippen molar-refractivity contribution >= 4 is 11.6 Å². The van der Waals surface area contributed by atoms with Crippen molar-refractivity contribution in [2.45, 2.75) is 18.9 Å². The Morgan fingerprint density at radius 3 is 2.81 bits per heavy atom. The molecule has 5 heteroatoms. The van der Waals surface area contributed by atoms with Crippen LogP contribution >= 0.6 is 11.6 Å². The lowest BCUT2D eigenvalue weighted by Gasteiger charge is -2.27. The number of hydrogen-bond acceptors (Lipinski definition) is 2. The second kappa shape index (κ2) is 6.08. The summed E-state index contributed by atoms with van der Waals surface area (Å²) in [7, 11) is 0. The van der Waals surface area contributed by atoms with E-state index in [1.54, 1.807) is 0 Å². The highest BCUT2D eigenvalue weighted by molar-refractivity contribution is 6.33. The van der Waals surface area contributed by atoms with E-state index in [0.717, 1.165) is 29.7 Å². The van der Waals surface area contributed by atoms with Crippen molar-refractivity contribution in [3.8, 4) is 16.9 Å². The highest BCUT2D eigenvalue weighted by Gasteiger charge is 2.22. The SMILES string of the molecule is [N-]=[N+]=NCC1CCc2cccc(-c3ccccc3Cl)c2O1. The van der Waals surface area contributed by atoms with E-state index in [9.17, 15) is 0 Å². The zero-order valence-corrected chi connectivity index (χ0v) is 12.1. The van der Waals surface area contributed by atoms with E-state index >= 15 is 0 Å². The molecular formula is C16H14ClN3O. The third kappa shape index (κ3) is 2.82. The first kappa shape index (κ1) is 13.8. The van der Waals surface area contributed by atoms with Crippen molar-refractivity contribution in [3.05, 3.63) is 63.5 Å². The number of rotatable bonds is 3. The number of ether oxygens (including phenoxy) is 1. The van der Waals surface area contributed by atoms with Crippen LogP contribution in [0, 0.1) is 0 Å². The topological polar surface area (TPSA) is 58.0 Å². The summed E-state index contributed by atoms with van der Waals surface area (Å²) >= 11 is 6.30. The van der Waals surface area contributed by atoms with E-state index in [-0.39, 0.29) is 6.10 Å². The molecule has 0 spiro atoms. The quantitative estimate of drug-likeness (QED) is 0.446. The molecule has 106 valence electrons. The lowest BCUT2D eigenvalue weighted by molar-refractivity contribution is 0.182. The summed E-state index contributed by atoms with van der Waals surface area (Å²) in [6, 6.07) is 13.8. The summed E-state index contributed by atoms with van der Waals surface area (Å²) in [5.41, 5.74) is 11.6. The van der Waals surface area contributed by atoms with Gasteiger partial charge in [-0.1, -0.05) is 53.1 Å². The zero-order chi connectivity index (χ0) is 14.7. The molecule has 1 atom stereocenters. The van der Waals surface area contributed by atoms with Crippen LogP contribution in [0.3, 0.4) is 0 Å². The standard InChI is InChI=1S/C16H14ClN3O/c17-15-7-2-1-5-13(15)14-6-3-4-11-8-9-12(10-19-20-18)21-16(11)14/h1-7,12H,8-10H2. The Kier molecular flexibility index (Phi) is 4.00. The molecule has 0 fully saturated rings. The Labute approximate surface area is 127 Å². The molecule has 0 saturated carbocycles. The van der Waals surface area contributed by atoms with Gasteiger partial charge in [-0.25, -0.2) is 0 Å². The minimum atomic E-state index is -0.0722. The first-order valence-electron chi connectivity index (χ1n) is 6.84. The maximum atomic E-state index is 8.45. The highest BCUT2D eigenvalue weighted by Crippen LogP contribution is 2.40. The number of aryl methyl sites for hydroxylation is 1. The van der Waals surface area contributed by atoms with E-state index in [1.165, 1.54) is 5.56 Å². The molecule has 0 saturated heterocycles. The summed E-state index contributed by atoms with van der Waals surface area (Å²) in [6.45, 7) is 0.354. The van der Waals surface area contributed by atoms with E-state index < -0.39 is 0 Å². The minimum absolute atomic E-state index is 0.0722. The van der Waals surface area contributed by atoms with Crippen LogP contribution in [0.2, 0.25) is 5.02 Å². The van der Waals surface area contributed by atoms with Crippen LogP contribution in [0.15, 0.2) is 47.6 Å². The molecule has 1 aliphatic heterocycles. The van der Waals surface area contributed by atoms with Crippen LogP contribution in [0.25, 0.3) is 21.6 Å². The van der Waals surface area contributed by atoms with Crippen molar-refractivity contribution in [1.29, 1.82) is 0 Å². The lowest BCUT2D eigenvalue weighted by Crippen LogP contribution is -2.25. The number of para-hydroxylation sites is 1. The largest absolute Gasteiger partial charge is 0.489 e. The monoisotopic (exact) mass is 299 g/mol. The van der Waals surface area contributed by atoms with Gasteiger partial charge in [0.15, 0.2) is 0 Å². The van der Waals surface area contributed by atoms with Gasteiger partial charge in [-0.3, -0.25) is 0 Å². The molecule has 2 aromatic carbocycles. The molecular weight excluding hydrogens is 286 g/mol. The second-order valence-corrected chi connectivity index (χ2v) is 5.37. The smallest absolute Gasteiger partial charge is 0.130 e. The third-order valence-corrected chi connectivity index (χ3v) is 3.96. The molecule has 0 aliphatic carbocycles. The average Bonchev–Trinajstić information content (AvgIpc) is 2.53. The summed E-state index contributed by atoms with van der Waals surface area (Å²) in [4.78, 5) is 2.80. The van der Waals surface area contributed by atoms with Gasteiger partial charge in [0.05, 0.1) is 6.54 Å². The maximum Gasteiger partial charge on any atom is 0.130 e. The Bertz CT molecular complexity index is 710. The first-order valence-corrected chi connectivity index (χ1v) is 7.21. The van der Waals surface area contributed by atoms with Crippen molar-refractivity contribution < 1.29 is 4.74 Å².